The molecule has 0 atom stereocenters. The number of carboxylic acids is 1. The Balaban J connectivity index is 1.68. The summed E-state index contributed by atoms with van der Waals surface area (Å²) in [7, 11) is 0. The number of rotatable bonds is 5. The maximum absolute atomic E-state index is 13.8. The van der Waals surface area contributed by atoms with Crippen LogP contribution in [0.3, 0.4) is 0 Å². The van der Waals surface area contributed by atoms with Crippen molar-refractivity contribution < 1.29 is 23.8 Å². The van der Waals surface area contributed by atoms with Crippen LogP contribution in [-0.2, 0) is 13.1 Å². The highest BCUT2D eigenvalue weighted by Crippen LogP contribution is 2.33. The van der Waals surface area contributed by atoms with E-state index in [-0.39, 0.29) is 12.1 Å². The fourth-order valence-electron chi connectivity index (χ4n) is 2.45. The van der Waals surface area contributed by atoms with E-state index in [1.165, 1.54) is 18.2 Å². The maximum Gasteiger partial charge on any atom is 0.335 e. The van der Waals surface area contributed by atoms with Gasteiger partial charge in [-0.3, -0.25) is 0 Å². The quantitative estimate of drug-likeness (QED) is 0.887. The fraction of sp³-hybridized carbons (Fsp3) is 0.235. The van der Waals surface area contributed by atoms with Gasteiger partial charge in [0.15, 0.2) is 11.5 Å². The molecule has 1 aliphatic heterocycles. The lowest BCUT2D eigenvalue weighted by molar-refractivity contribution is 0.0696. The molecule has 2 aromatic carbocycles. The van der Waals surface area contributed by atoms with Gasteiger partial charge in [-0.05, 0) is 24.3 Å². The van der Waals surface area contributed by atoms with Gasteiger partial charge in [0.1, 0.15) is 19.0 Å². The molecule has 0 aromatic heterocycles. The second kappa shape index (κ2) is 6.66. The number of fused-ring (bicyclic) bond motifs is 1. The van der Waals surface area contributed by atoms with Crippen molar-refractivity contribution in [2.24, 2.45) is 0 Å². The molecule has 0 fully saturated rings. The molecule has 120 valence electrons. The third-order valence-corrected chi connectivity index (χ3v) is 3.57. The maximum atomic E-state index is 13.8. The van der Waals surface area contributed by atoms with E-state index in [9.17, 15) is 9.18 Å². The number of ether oxygens (including phenoxy) is 2. The van der Waals surface area contributed by atoms with E-state index in [0.29, 0.717) is 36.8 Å². The number of carboxylic acid groups (broad SMARTS) is 1. The standard InChI is InChI=1S/C17H16FNO4/c18-14-5-4-11(17(20)21)8-13(14)10-19-9-12-2-1-3-15-16(12)23-7-6-22-15/h1-5,8,19H,6-7,9-10H2,(H,20,21). The molecule has 0 aliphatic carbocycles. The van der Waals surface area contributed by atoms with Gasteiger partial charge in [-0.1, -0.05) is 12.1 Å². The van der Waals surface area contributed by atoms with Crippen LogP contribution in [0.25, 0.3) is 0 Å². The Bertz CT molecular complexity index is 733. The summed E-state index contributed by atoms with van der Waals surface area (Å²) in [5, 5.41) is 12.1. The summed E-state index contributed by atoms with van der Waals surface area (Å²) in [6.07, 6.45) is 0. The highest BCUT2D eigenvalue weighted by molar-refractivity contribution is 5.87. The van der Waals surface area contributed by atoms with Gasteiger partial charge < -0.3 is 19.9 Å². The van der Waals surface area contributed by atoms with Crippen LogP contribution >= 0.6 is 0 Å². The zero-order chi connectivity index (χ0) is 16.2. The summed E-state index contributed by atoms with van der Waals surface area (Å²) in [6.45, 7) is 1.71. The number of carbonyl (C=O) groups is 1. The zero-order valence-corrected chi connectivity index (χ0v) is 12.3. The van der Waals surface area contributed by atoms with E-state index in [0.717, 1.165) is 5.56 Å². The molecule has 6 heteroatoms. The smallest absolute Gasteiger partial charge is 0.335 e. The van der Waals surface area contributed by atoms with Gasteiger partial charge in [-0.25, -0.2) is 9.18 Å². The van der Waals surface area contributed by atoms with E-state index in [1.54, 1.807) is 0 Å². The van der Waals surface area contributed by atoms with Crippen molar-refractivity contribution in [1.82, 2.24) is 5.32 Å². The van der Waals surface area contributed by atoms with E-state index >= 15 is 0 Å². The number of para-hydroxylation sites is 1. The Morgan fingerprint density at radius 2 is 1.91 bits per heavy atom. The third-order valence-electron chi connectivity index (χ3n) is 3.57. The van der Waals surface area contributed by atoms with Crippen LogP contribution in [0, 0.1) is 5.82 Å². The minimum absolute atomic E-state index is 0.0667. The van der Waals surface area contributed by atoms with Gasteiger partial charge in [0.2, 0.25) is 0 Å². The first kappa shape index (κ1) is 15.3. The lowest BCUT2D eigenvalue weighted by atomic mass is 10.1. The van der Waals surface area contributed by atoms with Gasteiger partial charge in [0.05, 0.1) is 5.56 Å². The van der Waals surface area contributed by atoms with Crippen molar-refractivity contribution in [3.05, 3.63) is 58.9 Å². The van der Waals surface area contributed by atoms with Crippen molar-refractivity contribution in [1.29, 1.82) is 0 Å². The van der Waals surface area contributed by atoms with Crippen LogP contribution in [0.1, 0.15) is 21.5 Å². The SMILES string of the molecule is O=C(O)c1ccc(F)c(CNCc2cccc3c2OCCO3)c1. The normalized spacial score (nSPS) is 12.9. The fourth-order valence-corrected chi connectivity index (χ4v) is 2.45. The van der Waals surface area contributed by atoms with Crippen LogP contribution in [0.5, 0.6) is 11.5 Å². The first-order valence-corrected chi connectivity index (χ1v) is 7.25. The summed E-state index contributed by atoms with van der Waals surface area (Å²) in [6, 6.07) is 9.38. The summed E-state index contributed by atoms with van der Waals surface area (Å²) < 4.78 is 24.9. The molecule has 0 unspecified atom stereocenters. The molecule has 0 saturated heterocycles. The van der Waals surface area contributed by atoms with Gasteiger partial charge in [-0.2, -0.15) is 0 Å². The third kappa shape index (κ3) is 3.43. The van der Waals surface area contributed by atoms with Crippen molar-refractivity contribution in [3.63, 3.8) is 0 Å². The minimum atomic E-state index is -1.08. The van der Waals surface area contributed by atoms with Crippen molar-refractivity contribution in [3.8, 4) is 11.5 Å². The molecule has 3 rings (SSSR count). The first-order valence-electron chi connectivity index (χ1n) is 7.25. The largest absolute Gasteiger partial charge is 0.486 e. The average molecular weight is 317 g/mol. The number of benzene rings is 2. The van der Waals surface area contributed by atoms with Crippen LogP contribution < -0.4 is 14.8 Å². The van der Waals surface area contributed by atoms with Crippen molar-refractivity contribution >= 4 is 5.97 Å². The topological polar surface area (TPSA) is 67.8 Å². The summed E-state index contributed by atoms with van der Waals surface area (Å²) in [5.74, 6) is -0.105. The summed E-state index contributed by atoms with van der Waals surface area (Å²) >= 11 is 0. The zero-order valence-electron chi connectivity index (χ0n) is 12.3. The molecule has 1 aliphatic rings. The number of aromatic carboxylic acids is 1. The number of hydrogen-bond donors (Lipinski definition) is 2. The lowest BCUT2D eigenvalue weighted by Gasteiger charge is -2.21. The van der Waals surface area contributed by atoms with Crippen LogP contribution in [0.15, 0.2) is 36.4 Å². The number of hydrogen-bond acceptors (Lipinski definition) is 4. The first-order chi connectivity index (χ1) is 11.1. The predicted octanol–water partition coefficient (Wildman–Crippen LogP) is 2.58. The second-order valence-electron chi connectivity index (χ2n) is 5.16. The monoisotopic (exact) mass is 317 g/mol. The van der Waals surface area contributed by atoms with Crippen molar-refractivity contribution in [2.45, 2.75) is 13.1 Å². The van der Waals surface area contributed by atoms with Gasteiger partial charge in [0, 0.05) is 24.2 Å². The number of nitrogens with one attached hydrogen (secondary N) is 1. The Hall–Kier alpha value is -2.60. The van der Waals surface area contributed by atoms with Gasteiger partial charge in [-0.15, -0.1) is 0 Å². The van der Waals surface area contributed by atoms with E-state index in [1.807, 2.05) is 18.2 Å². The molecule has 1 heterocycles. The molecular formula is C17H16FNO4. The minimum Gasteiger partial charge on any atom is -0.486 e. The number of halogens is 1. The van der Waals surface area contributed by atoms with Crippen LogP contribution in [0.2, 0.25) is 0 Å². The second-order valence-corrected chi connectivity index (χ2v) is 5.16. The van der Waals surface area contributed by atoms with Crippen molar-refractivity contribution in [2.75, 3.05) is 13.2 Å². The van der Waals surface area contributed by atoms with Gasteiger partial charge in [0.25, 0.3) is 0 Å². The molecule has 5 nitrogen and oxygen atoms in total. The Kier molecular flexibility index (Phi) is 4.43. The molecule has 0 saturated carbocycles. The molecule has 23 heavy (non-hydrogen) atoms. The highest BCUT2D eigenvalue weighted by Gasteiger charge is 2.15. The Labute approximate surface area is 132 Å². The molecule has 0 spiro atoms. The Morgan fingerprint density at radius 3 is 2.74 bits per heavy atom. The summed E-state index contributed by atoms with van der Waals surface area (Å²) in [5.41, 5.74) is 1.29. The lowest BCUT2D eigenvalue weighted by Crippen LogP contribution is -2.19. The molecule has 2 N–H and O–H groups in total. The Morgan fingerprint density at radius 1 is 1.13 bits per heavy atom. The molecule has 2 aromatic rings. The van der Waals surface area contributed by atoms with E-state index in [4.69, 9.17) is 14.6 Å². The molecule has 0 amide bonds. The summed E-state index contributed by atoms with van der Waals surface area (Å²) in [4.78, 5) is 10.9. The average Bonchev–Trinajstić information content (AvgIpc) is 2.56. The highest BCUT2D eigenvalue weighted by atomic mass is 19.1. The predicted molar refractivity (Wildman–Crippen MR) is 81.3 cm³/mol. The van der Waals surface area contributed by atoms with Crippen LogP contribution in [-0.4, -0.2) is 24.3 Å². The molecular weight excluding hydrogens is 301 g/mol. The van der Waals surface area contributed by atoms with Crippen LogP contribution in [0.4, 0.5) is 4.39 Å². The van der Waals surface area contributed by atoms with E-state index in [2.05, 4.69) is 5.32 Å². The van der Waals surface area contributed by atoms with E-state index < -0.39 is 11.8 Å². The van der Waals surface area contributed by atoms with Gasteiger partial charge >= 0.3 is 5.97 Å². The molecule has 0 bridgehead atoms. The molecule has 0 radical (unpaired) electrons.